The topological polar surface area (TPSA) is 72.2 Å². The Morgan fingerprint density at radius 1 is 0.821 bits per heavy atom. The summed E-state index contributed by atoms with van der Waals surface area (Å²) in [5, 5.41) is 3.44. The molecule has 3 aromatic rings. The largest absolute Gasteiger partial charge is 0.368 e. The summed E-state index contributed by atoms with van der Waals surface area (Å²) in [5.41, 5.74) is 8.12. The van der Waals surface area contributed by atoms with Crippen molar-refractivity contribution in [1.29, 1.82) is 0 Å². The highest BCUT2D eigenvalue weighted by Crippen LogP contribution is 2.25. The predicted molar refractivity (Wildman–Crippen MR) is 111 cm³/mol. The van der Waals surface area contributed by atoms with Gasteiger partial charge in [-0.1, -0.05) is 84.4 Å². The van der Waals surface area contributed by atoms with Crippen LogP contribution in [0.4, 0.5) is 0 Å². The maximum absolute atomic E-state index is 13.2. The van der Waals surface area contributed by atoms with Crippen molar-refractivity contribution in [3.8, 4) is 0 Å². The fourth-order valence-electron chi connectivity index (χ4n) is 3.12. The van der Waals surface area contributed by atoms with E-state index in [9.17, 15) is 9.59 Å². The zero-order valence-corrected chi connectivity index (χ0v) is 16.0. The van der Waals surface area contributed by atoms with Crippen molar-refractivity contribution in [1.82, 2.24) is 5.32 Å². The molecule has 0 heterocycles. The molecule has 3 aromatic carbocycles. The number of halogens is 1. The number of carbonyl (C=O) groups excluding carboxylic acids is 2. The highest BCUT2D eigenvalue weighted by molar-refractivity contribution is 6.30. The number of primary amides is 1. The van der Waals surface area contributed by atoms with Gasteiger partial charge in [0.05, 0.1) is 5.92 Å². The molecular formula is C23H21ClN2O2. The van der Waals surface area contributed by atoms with E-state index in [2.05, 4.69) is 5.32 Å². The third-order valence-corrected chi connectivity index (χ3v) is 4.79. The SMILES string of the molecule is NC(=O)[C@@H](Cc1ccc(Cl)cc1)NC(=O)C(c1ccccc1)c1ccccc1. The lowest BCUT2D eigenvalue weighted by Crippen LogP contribution is -2.47. The van der Waals surface area contributed by atoms with Gasteiger partial charge in [0.1, 0.15) is 6.04 Å². The minimum Gasteiger partial charge on any atom is -0.368 e. The number of benzene rings is 3. The molecule has 5 heteroatoms. The van der Waals surface area contributed by atoms with Crippen molar-refractivity contribution in [3.05, 3.63) is 107 Å². The van der Waals surface area contributed by atoms with Crippen molar-refractivity contribution in [2.75, 3.05) is 0 Å². The summed E-state index contributed by atoms with van der Waals surface area (Å²) >= 11 is 5.91. The summed E-state index contributed by atoms with van der Waals surface area (Å²) in [6, 6.07) is 25.2. The van der Waals surface area contributed by atoms with E-state index in [1.807, 2.05) is 72.8 Å². The number of amides is 2. The summed E-state index contributed by atoms with van der Waals surface area (Å²) in [4.78, 5) is 25.1. The average Bonchev–Trinajstić information content (AvgIpc) is 2.71. The van der Waals surface area contributed by atoms with Crippen molar-refractivity contribution in [2.24, 2.45) is 5.73 Å². The second kappa shape index (κ2) is 9.20. The molecule has 2 amide bonds. The van der Waals surface area contributed by atoms with Gasteiger partial charge in [0.15, 0.2) is 0 Å². The first-order valence-corrected chi connectivity index (χ1v) is 9.36. The number of hydrogen-bond acceptors (Lipinski definition) is 2. The highest BCUT2D eigenvalue weighted by atomic mass is 35.5. The summed E-state index contributed by atoms with van der Waals surface area (Å²) in [7, 11) is 0. The molecule has 1 atom stereocenters. The van der Waals surface area contributed by atoms with Gasteiger partial charge in [-0.15, -0.1) is 0 Å². The Kier molecular flexibility index (Phi) is 6.45. The smallest absolute Gasteiger partial charge is 0.240 e. The Hall–Kier alpha value is -3.11. The number of rotatable bonds is 7. The van der Waals surface area contributed by atoms with Crippen LogP contribution >= 0.6 is 11.6 Å². The van der Waals surface area contributed by atoms with Crippen LogP contribution < -0.4 is 11.1 Å². The lowest BCUT2D eigenvalue weighted by molar-refractivity contribution is -0.127. The first-order valence-electron chi connectivity index (χ1n) is 8.98. The molecule has 4 nitrogen and oxygen atoms in total. The van der Waals surface area contributed by atoms with Gasteiger partial charge in [-0.05, 0) is 28.8 Å². The van der Waals surface area contributed by atoms with Crippen LogP contribution in [0.5, 0.6) is 0 Å². The van der Waals surface area contributed by atoms with E-state index in [4.69, 9.17) is 17.3 Å². The van der Waals surface area contributed by atoms with E-state index in [-0.39, 0.29) is 5.91 Å². The Morgan fingerprint density at radius 3 is 1.79 bits per heavy atom. The number of hydrogen-bond donors (Lipinski definition) is 2. The highest BCUT2D eigenvalue weighted by Gasteiger charge is 2.27. The van der Waals surface area contributed by atoms with Gasteiger partial charge in [0, 0.05) is 11.4 Å². The third-order valence-electron chi connectivity index (χ3n) is 4.54. The molecule has 0 aliphatic heterocycles. The standard InChI is InChI=1S/C23H21ClN2O2/c24-19-13-11-16(12-14-19)15-20(22(25)27)26-23(28)21(17-7-3-1-4-8-17)18-9-5-2-6-10-18/h1-14,20-21H,15H2,(H2,25,27)(H,26,28)/t20-/m1/s1. The maximum Gasteiger partial charge on any atom is 0.240 e. The first kappa shape index (κ1) is 19.6. The van der Waals surface area contributed by atoms with E-state index < -0.39 is 17.9 Å². The molecule has 0 radical (unpaired) electrons. The molecule has 3 rings (SSSR count). The van der Waals surface area contributed by atoms with Gasteiger partial charge in [0.25, 0.3) is 0 Å². The third kappa shape index (κ3) is 4.99. The van der Waals surface area contributed by atoms with Gasteiger partial charge >= 0.3 is 0 Å². The molecule has 0 bridgehead atoms. The number of nitrogens with two attached hydrogens (primary N) is 1. The Bertz CT molecular complexity index is 888. The number of carbonyl (C=O) groups is 2. The zero-order chi connectivity index (χ0) is 19.9. The predicted octanol–water partition coefficient (Wildman–Crippen LogP) is 3.68. The minimum atomic E-state index is -0.816. The quantitative estimate of drug-likeness (QED) is 0.643. The molecule has 3 N–H and O–H groups in total. The van der Waals surface area contributed by atoms with Crippen molar-refractivity contribution in [3.63, 3.8) is 0 Å². The van der Waals surface area contributed by atoms with Crippen molar-refractivity contribution in [2.45, 2.75) is 18.4 Å². The monoisotopic (exact) mass is 392 g/mol. The van der Waals surface area contributed by atoms with Crippen molar-refractivity contribution >= 4 is 23.4 Å². The molecule has 0 saturated heterocycles. The minimum absolute atomic E-state index is 0.268. The van der Waals surface area contributed by atoms with Crippen LogP contribution in [0.1, 0.15) is 22.6 Å². The fourth-order valence-corrected chi connectivity index (χ4v) is 3.25. The lowest BCUT2D eigenvalue weighted by Gasteiger charge is -2.22. The first-order chi connectivity index (χ1) is 13.5. The Labute approximate surface area is 169 Å². The zero-order valence-electron chi connectivity index (χ0n) is 15.2. The van der Waals surface area contributed by atoms with Gasteiger partial charge in [-0.2, -0.15) is 0 Å². The maximum atomic E-state index is 13.2. The van der Waals surface area contributed by atoms with Gasteiger partial charge < -0.3 is 11.1 Å². The van der Waals surface area contributed by atoms with E-state index in [0.29, 0.717) is 11.4 Å². The summed E-state index contributed by atoms with van der Waals surface area (Å²) in [5.74, 6) is -1.38. The lowest BCUT2D eigenvalue weighted by atomic mass is 9.90. The molecule has 0 fully saturated rings. The summed E-state index contributed by atoms with van der Waals surface area (Å²) < 4.78 is 0. The van der Waals surface area contributed by atoms with Crippen molar-refractivity contribution < 1.29 is 9.59 Å². The normalized spacial score (nSPS) is 11.8. The molecule has 0 saturated carbocycles. The molecule has 28 heavy (non-hydrogen) atoms. The molecule has 0 unspecified atom stereocenters. The van der Waals surface area contributed by atoms with E-state index in [1.54, 1.807) is 12.1 Å². The molecule has 0 aliphatic rings. The van der Waals surface area contributed by atoms with Gasteiger partial charge in [-0.25, -0.2) is 0 Å². The van der Waals surface area contributed by atoms with Crippen LogP contribution in [0.3, 0.4) is 0 Å². The van der Waals surface area contributed by atoms with Crippen LogP contribution in [-0.2, 0) is 16.0 Å². The molecular weight excluding hydrogens is 372 g/mol. The van der Waals surface area contributed by atoms with Crippen LogP contribution in [0, 0.1) is 0 Å². The average molecular weight is 393 g/mol. The summed E-state index contributed by atoms with van der Waals surface area (Å²) in [6.07, 6.45) is 0.300. The molecule has 0 spiro atoms. The number of nitrogens with one attached hydrogen (secondary N) is 1. The van der Waals surface area contributed by atoms with Gasteiger partial charge in [-0.3, -0.25) is 9.59 Å². The second-order valence-corrected chi connectivity index (χ2v) is 6.98. The van der Waals surface area contributed by atoms with Crippen LogP contribution in [0.25, 0.3) is 0 Å². The Balaban J connectivity index is 1.85. The fraction of sp³-hybridized carbons (Fsp3) is 0.130. The van der Waals surface area contributed by atoms with Crippen LogP contribution in [-0.4, -0.2) is 17.9 Å². The summed E-state index contributed by atoms with van der Waals surface area (Å²) in [6.45, 7) is 0. The van der Waals surface area contributed by atoms with Crippen LogP contribution in [0.15, 0.2) is 84.9 Å². The van der Waals surface area contributed by atoms with E-state index in [0.717, 1.165) is 16.7 Å². The molecule has 142 valence electrons. The Morgan fingerprint density at radius 2 is 1.32 bits per heavy atom. The second-order valence-electron chi connectivity index (χ2n) is 6.55. The van der Waals surface area contributed by atoms with E-state index in [1.165, 1.54) is 0 Å². The van der Waals surface area contributed by atoms with Gasteiger partial charge in [0.2, 0.25) is 11.8 Å². The molecule has 0 aliphatic carbocycles. The van der Waals surface area contributed by atoms with Crippen LogP contribution in [0.2, 0.25) is 5.02 Å². The van der Waals surface area contributed by atoms with E-state index >= 15 is 0 Å². The molecule has 0 aromatic heterocycles.